The second-order valence-corrected chi connectivity index (χ2v) is 5.55. The summed E-state index contributed by atoms with van der Waals surface area (Å²) in [5.41, 5.74) is 5.05. The van der Waals surface area contributed by atoms with Crippen LogP contribution >= 0.6 is 0 Å². The van der Waals surface area contributed by atoms with Crippen molar-refractivity contribution in [3.8, 4) is 5.75 Å². The van der Waals surface area contributed by atoms with Crippen LogP contribution in [0.3, 0.4) is 0 Å². The standard InChI is InChI=1S/C14H22N4O2/c1-14(2,15)13(19)18-8-6-17(7-9-18)12-10-11(20-3)4-5-16-12/h4-5,10H,6-9,15H2,1-3H3. The fraction of sp³-hybridized carbons (Fsp3) is 0.571. The van der Waals surface area contributed by atoms with Crippen LogP contribution in [0.5, 0.6) is 5.75 Å². The van der Waals surface area contributed by atoms with E-state index < -0.39 is 5.54 Å². The van der Waals surface area contributed by atoms with Crippen molar-refractivity contribution in [3.63, 3.8) is 0 Å². The molecule has 1 aliphatic rings. The molecule has 1 aromatic heterocycles. The zero-order valence-corrected chi connectivity index (χ0v) is 12.3. The highest BCUT2D eigenvalue weighted by Gasteiger charge is 2.30. The van der Waals surface area contributed by atoms with Crippen LogP contribution in [-0.4, -0.2) is 54.6 Å². The number of nitrogens with two attached hydrogens (primary N) is 1. The maximum absolute atomic E-state index is 12.1. The van der Waals surface area contributed by atoms with Gasteiger partial charge in [-0.3, -0.25) is 4.79 Å². The molecule has 1 saturated heterocycles. The molecule has 2 rings (SSSR count). The zero-order chi connectivity index (χ0) is 14.8. The summed E-state index contributed by atoms with van der Waals surface area (Å²) in [6, 6.07) is 3.73. The number of rotatable bonds is 3. The summed E-state index contributed by atoms with van der Waals surface area (Å²) in [5.74, 6) is 1.66. The molecule has 0 atom stereocenters. The van der Waals surface area contributed by atoms with E-state index in [9.17, 15) is 4.79 Å². The summed E-state index contributed by atoms with van der Waals surface area (Å²) in [6.45, 7) is 6.32. The lowest BCUT2D eigenvalue weighted by Gasteiger charge is -2.38. The molecule has 0 radical (unpaired) electrons. The van der Waals surface area contributed by atoms with Crippen LogP contribution in [0.1, 0.15) is 13.8 Å². The number of aromatic nitrogens is 1. The third kappa shape index (κ3) is 3.19. The van der Waals surface area contributed by atoms with Crippen LogP contribution in [0, 0.1) is 0 Å². The van der Waals surface area contributed by atoms with Crippen LogP contribution in [0.25, 0.3) is 0 Å². The molecule has 0 saturated carbocycles. The lowest BCUT2D eigenvalue weighted by atomic mass is 10.0. The van der Waals surface area contributed by atoms with E-state index in [0.29, 0.717) is 13.1 Å². The third-order valence-corrected chi connectivity index (χ3v) is 3.39. The Balaban J connectivity index is 1.99. The van der Waals surface area contributed by atoms with Gasteiger partial charge in [-0.25, -0.2) is 4.98 Å². The van der Waals surface area contributed by atoms with E-state index in [-0.39, 0.29) is 5.91 Å². The lowest BCUT2D eigenvalue weighted by molar-refractivity contribution is -0.136. The van der Waals surface area contributed by atoms with Gasteiger partial charge >= 0.3 is 0 Å². The topological polar surface area (TPSA) is 71.7 Å². The van der Waals surface area contributed by atoms with Crippen molar-refractivity contribution in [1.29, 1.82) is 0 Å². The molecule has 1 aromatic rings. The minimum Gasteiger partial charge on any atom is -0.497 e. The zero-order valence-electron chi connectivity index (χ0n) is 12.3. The third-order valence-electron chi connectivity index (χ3n) is 3.39. The molecular weight excluding hydrogens is 256 g/mol. The second-order valence-electron chi connectivity index (χ2n) is 5.55. The molecule has 6 heteroatoms. The van der Waals surface area contributed by atoms with Crippen molar-refractivity contribution in [1.82, 2.24) is 9.88 Å². The van der Waals surface area contributed by atoms with Crippen molar-refractivity contribution in [2.75, 3.05) is 38.2 Å². The highest BCUT2D eigenvalue weighted by molar-refractivity contribution is 5.85. The normalized spacial score (nSPS) is 16.2. The number of methoxy groups -OCH3 is 1. The minimum absolute atomic E-state index is 0.00393. The van der Waals surface area contributed by atoms with Gasteiger partial charge in [0.05, 0.1) is 12.6 Å². The molecule has 20 heavy (non-hydrogen) atoms. The summed E-state index contributed by atoms with van der Waals surface area (Å²) in [4.78, 5) is 20.4. The number of ether oxygens (including phenoxy) is 1. The molecule has 0 bridgehead atoms. The van der Waals surface area contributed by atoms with Gasteiger partial charge in [-0.1, -0.05) is 0 Å². The van der Waals surface area contributed by atoms with Crippen LogP contribution < -0.4 is 15.4 Å². The van der Waals surface area contributed by atoms with Gasteiger partial charge in [-0.05, 0) is 19.9 Å². The first-order valence-electron chi connectivity index (χ1n) is 6.75. The Bertz CT molecular complexity index is 476. The van der Waals surface area contributed by atoms with E-state index in [4.69, 9.17) is 10.5 Å². The number of piperazine rings is 1. The molecule has 2 heterocycles. The smallest absolute Gasteiger partial charge is 0.242 e. The first-order valence-corrected chi connectivity index (χ1v) is 6.75. The van der Waals surface area contributed by atoms with Gasteiger partial charge in [0.15, 0.2) is 0 Å². The van der Waals surface area contributed by atoms with Gasteiger partial charge in [0.1, 0.15) is 11.6 Å². The van der Waals surface area contributed by atoms with Gasteiger partial charge in [0.2, 0.25) is 5.91 Å². The van der Waals surface area contributed by atoms with Gasteiger partial charge in [-0.2, -0.15) is 0 Å². The van der Waals surface area contributed by atoms with E-state index in [1.807, 2.05) is 17.0 Å². The first kappa shape index (κ1) is 14.6. The van der Waals surface area contributed by atoms with E-state index in [2.05, 4.69) is 9.88 Å². The number of carbonyl (C=O) groups excluding carboxylic acids is 1. The predicted molar refractivity (Wildman–Crippen MR) is 77.8 cm³/mol. The van der Waals surface area contributed by atoms with Crippen LogP contribution in [0.4, 0.5) is 5.82 Å². The van der Waals surface area contributed by atoms with Gasteiger partial charge in [0, 0.05) is 38.4 Å². The molecule has 110 valence electrons. The number of pyridine rings is 1. The van der Waals surface area contributed by atoms with Gasteiger partial charge in [-0.15, -0.1) is 0 Å². The van der Waals surface area contributed by atoms with Crippen molar-refractivity contribution < 1.29 is 9.53 Å². The summed E-state index contributed by atoms with van der Waals surface area (Å²) in [5, 5.41) is 0. The van der Waals surface area contributed by atoms with Crippen LogP contribution in [0.2, 0.25) is 0 Å². The molecule has 6 nitrogen and oxygen atoms in total. The van der Waals surface area contributed by atoms with Crippen LogP contribution in [0.15, 0.2) is 18.3 Å². The minimum atomic E-state index is -0.809. The van der Waals surface area contributed by atoms with Crippen molar-refractivity contribution in [2.24, 2.45) is 5.73 Å². The maximum atomic E-state index is 12.1. The predicted octanol–water partition coefficient (Wildman–Crippen LogP) is 0.476. The van der Waals surface area contributed by atoms with Gasteiger partial charge in [0.25, 0.3) is 0 Å². The molecule has 0 spiro atoms. The Kier molecular flexibility index (Phi) is 4.13. The van der Waals surface area contributed by atoms with E-state index >= 15 is 0 Å². The number of anilines is 1. The summed E-state index contributed by atoms with van der Waals surface area (Å²) >= 11 is 0. The number of hydrogen-bond acceptors (Lipinski definition) is 5. The molecule has 0 aromatic carbocycles. The van der Waals surface area contributed by atoms with Crippen molar-refractivity contribution in [2.45, 2.75) is 19.4 Å². The SMILES string of the molecule is COc1ccnc(N2CCN(C(=O)C(C)(C)N)CC2)c1. The van der Waals surface area contributed by atoms with E-state index in [1.165, 1.54) is 0 Å². The molecule has 1 aliphatic heterocycles. The molecule has 1 fully saturated rings. The number of carbonyl (C=O) groups is 1. The Morgan fingerprint density at radius 3 is 2.55 bits per heavy atom. The number of hydrogen-bond donors (Lipinski definition) is 1. The summed E-state index contributed by atoms with van der Waals surface area (Å²) in [6.07, 6.45) is 1.73. The average molecular weight is 278 g/mol. The van der Waals surface area contributed by atoms with Crippen molar-refractivity contribution >= 4 is 11.7 Å². The summed E-state index contributed by atoms with van der Waals surface area (Å²) < 4.78 is 5.20. The Labute approximate surface area is 119 Å². The fourth-order valence-corrected chi connectivity index (χ4v) is 2.25. The summed E-state index contributed by atoms with van der Waals surface area (Å²) in [7, 11) is 1.64. The van der Waals surface area contributed by atoms with Crippen LogP contribution in [-0.2, 0) is 4.79 Å². The Hall–Kier alpha value is -1.82. The molecule has 0 unspecified atom stereocenters. The van der Waals surface area contributed by atoms with E-state index in [1.54, 1.807) is 27.2 Å². The monoisotopic (exact) mass is 278 g/mol. The van der Waals surface area contributed by atoms with Gasteiger partial charge < -0.3 is 20.3 Å². The van der Waals surface area contributed by atoms with Crippen molar-refractivity contribution in [3.05, 3.63) is 18.3 Å². The average Bonchev–Trinajstić information content (AvgIpc) is 2.46. The maximum Gasteiger partial charge on any atom is 0.242 e. The highest BCUT2D eigenvalue weighted by atomic mass is 16.5. The first-order chi connectivity index (χ1) is 9.41. The molecule has 0 aliphatic carbocycles. The largest absolute Gasteiger partial charge is 0.497 e. The lowest BCUT2D eigenvalue weighted by Crippen LogP contribution is -2.57. The molecule has 2 N–H and O–H groups in total. The molecule has 1 amide bonds. The number of amides is 1. The fourth-order valence-electron chi connectivity index (χ4n) is 2.25. The Morgan fingerprint density at radius 2 is 2.00 bits per heavy atom. The molecular formula is C14H22N4O2. The highest BCUT2D eigenvalue weighted by Crippen LogP contribution is 2.19. The Morgan fingerprint density at radius 1 is 1.35 bits per heavy atom. The quantitative estimate of drug-likeness (QED) is 0.870. The second kappa shape index (κ2) is 5.66. The number of nitrogens with zero attached hydrogens (tertiary/aromatic N) is 3. The van der Waals surface area contributed by atoms with E-state index in [0.717, 1.165) is 24.7 Å².